The lowest BCUT2D eigenvalue weighted by atomic mass is 9.91. The number of ketones is 1. The van der Waals surface area contributed by atoms with Gasteiger partial charge >= 0.3 is 6.18 Å². The summed E-state index contributed by atoms with van der Waals surface area (Å²) in [6.45, 7) is 0.630. The molecule has 0 aliphatic carbocycles. The fraction of sp³-hybridized carbons (Fsp3) is 0.0667. The number of anilines is 1. The van der Waals surface area contributed by atoms with Crippen LogP contribution in [0.4, 0.5) is 18.9 Å². The minimum atomic E-state index is -4.57. The molecular formula is C30H21F3N2O. The summed E-state index contributed by atoms with van der Waals surface area (Å²) in [7, 11) is 0. The average molecular weight is 483 g/mol. The van der Waals surface area contributed by atoms with Crippen LogP contribution in [0.25, 0.3) is 22.0 Å². The number of nitrogens with zero attached hydrogens (tertiary/aromatic N) is 1. The Kier molecular flexibility index (Phi) is 6.25. The van der Waals surface area contributed by atoms with Crippen molar-refractivity contribution in [3.63, 3.8) is 0 Å². The molecule has 0 atom stereocenters. The fourth-order valence-electron chi connectivity index (χ4n) is 4.23. The normalized spacial score (nSPS) is 11.4. The summed E-state index contributed by atoms with van der Waals surface area (Å²) in [4.78, 5) is 17.5. The molecule has 36 heavy (non-hydrogen) atoms. The second-order valence-electron chi connectivity index (χ2n) is 8.36. The Hall–Kier alpha value is -4.45. The molecule has 0 spiro atoms. The van der Waals surface area contributed by atoms with Crippen molar-refractivity contribution < 1.29 is 18.0 Å². The number of carbonyl (C=O) groups is 1. The van der Waals surface area contributed by atoms with Crippen molar-refractivity contribution in [1.29, 1.82) is 0 Å². The van der Waals surface area contributed by atoms with Crippen molar-refractivity contribution in [2.45, 2.75) is 12.7 Å². The molecule has 0 bridgehead atoms. The summed E-state index contributed by atoms with van der Waals surface area (Å²) < 4.78 is 41.2. The van der Waals surface area contributed by atoms with Crippen molar-refractivity contribution in [3.05, 3.63) is 132 Å². The number of para-hydroxylation sites is 1. The zero-order valence-corrected chi connectivity index (χ0v) is 19.1. The van der Waals surface area contributed by atoms with Gasteiger partial charge in [-0.25, -0.2) is 0 Å². The topological polar surface area (TPSA) is 42.0 Å². The minimum absolute atomic E-state index is 0.184. The van der Waals surface area contributed by atoms with Gasteiger partial charge in [0.05, 0.1) is 11.1 Å². The molecular weight excluding hydrogens is 461 g/mol. The molecule has 1 N–H and O–H groups in total. The Morgan fingerprint density at radius 2 is 1.44 bits per heavy atom. The first-order valence-corrected chi connectivity index (χ1v) is 11.4. The lowest BCUT2D eigenvalue weighted by Crippen LogP contribution is -2.09. The predicted octanol–water partition coefficient (Wildman–Crippen LogP) is 7.76. The van der Waals surface area contributed by atoms with E-state index in [9.17, 15) is 18.0 Å². The van der Waals surface area contributed by atoms with Gasteiger partial charge in [0, 0.05) is 40.5 Å². The summed E-state index contributed by atoms with van der Waals surface area (Å²) in [6, 6.07) is 29.8. The van der Waals surface area contributed by atoms with Crippen LogP contribution in [0.5, 0.6) is 0 Å². The van der Waals surface area contributed by atoms with Gasteiger partial charge in [0.2, 0.25) is 0 Å². The van der Waals surface area contributed by atoms with Crippen LogP contribution >= 0.6 is 0 Å². The second-order valence-corrected chi connectivity index (χ2v) is 8.36. The van der Waals surface area contributed by atoms with Crippen molar-refractivity contribution in [3.8, 4) is 11.1 Å². The minimum Gasteiger partial charge on any atom is -0.381 e. The number of nitrogens with one attached hydrogen (secondary N) is 1. The van der Waals surface area contributed by atoms with E-state index in [1.807, 2.05) is 54.6 Å². The van der Waals surface area contributed by atoms with Crippen LogP contribution in [0.2, 0.25) is 0 Å². The first kappa shape index (κ1) is 23.3. The third-order valence-corrected chi connectivity index (χ3v) is 6.00. The number of carbonyl (C=O) groups excluding carboxylic acids is 1. The number of benzene rings is 4. The van der Waals surface area contributed by atoms with E-state index in [2.05, 4.69) is 10.3 Å². The molecule has 0 aliphatic rings. The zero-order chi connectivity index (χ0) is 25.1. The number of fused-ring (bicyclic) bond motifs is 1. The lowest BCUT2D eigenvalue weighted by molar-refractivity contribution is -0.136. The second kappa shape index (κ2) is 9.66. The summed E-state index contributed by atoms with van der Waals surface area (Å²) in [5, 5.41) is 3.62. The first-order valence-electron chi connectivity index (χ1n) is 11.4. The Labute approximate surface area is 206 Å². The van der Waals surface area contributed by atoms with Gasteiger partial charge in [0.25, 0.3) is 0 Å². The van der Waals surface area contributed by atoms with Crippen LogP contribution in [0.3, 0.4) is 0 Å². The Morgan fingerprint density at radius 3 is 2.11 bits per heavy atom. The van der Waals surface area contributed by atoms with E-state index >= 15 is 0 Å². The Balaban J connectivity index is 1.61. The monoisotopic (exact) mass is 482 g/mol. The van der Waals surface area contributed by atoms with Crippen LogP contribution in [0.1, 0.15) is 27.0 Å². The highest BCUT2D eigenvalue weighted by molar-refractivity contribution is 6.16. The number of alkyl halides is 3. The van der Waals surface area contributed by atoms with E-state index in [0.717, 1.165) is 17.3 Å². The number of hydrogen-bond acceptors (Lipinski definition) is 3. The molecule has 0 aliphatic heterocycles. The van der Waals surface area contributed by atoms with Crippen LogP contribution in [0.15, 0.2) is 109 Å². The lowest BCUT2D eigenvalue weighted by Gasteiger charge is -2.16. The van der Waals surface area contributed by atoms with Gasteiger partial charge in [-0.05, 0) is 29.3 Å². The van der Waals surface area contributed by atoms with Crippen LogP contribution in [-0.2, 0) is 12.7 Å². The highest BCUT2D eigenvalue weighted by Gasteiger charge is 2.34. The van der Waals surface area contributed by atoms with Gasteiger partial charge in [-0.3, -0.25) is 9.78 Å². The number of halogens is 3. The molecule has 178 valence electrons. The number of hydrogen-bond donors (Lipinski definition) is 1. The van der Waals surface area contributed by atoms with Crippen molar-refractivity contribution in [1.82, 2.24) is 4.98 Å². The van der Waals surface area contributed by atoms with E-state index in [-0.39, 0.29) is 22.2 Å². The molecule has 1 heterocycles. The van der Waals surface area contributed by atoms with Gasteiger partial charge in [0.1, 0.15) is 0 Å². The van der Waals surface area contributed by atoms with Crippen LogP contribution in [0, 0.1) is 0 Å². The maximum atomic E-state index is 13.7. The molecule has 0 radical (unpaired) electrons. The summed E-state index contributed by atoms with van der Waals surface area (Å²) in [5.74, 6) is -0.302. The predicted molar refractivity (Wildman–Crippen MR) is 136 cm³/mol. The third kappa shape index (κ3) is 4.70. The maximum absolute atomic E-state index is 13.7. The molecule has 0 unspecified atom stereocenters. The molecule has 4 aromatic carbocycles. The summed E-state index contributed by atoms with van der Waals surface area (Å²) in [5.41, 5.74) is 2.70. The number of rotatable bonds is 6. The Bertz CT molecular complexity index is 1510. The van der Waals surface area contributed by atoms with E-state index in [0.29, 0.717) is 23.2 Å². The van der Waals surface area contributed by atoms with Gasteiger partial charge in [-0.2, -0.15) is 13.2 Å². The van der Waals surface area contributed by atoms with E-state index in [1.54, 1.807) is 36.4 Å². The molecule has 6 heteroatoms. The average Bonchev–Trinajstić information content (AvgIpc) is 2.91. The smallest absolute Gasteiger partial charge is 0.381 e. The quantitative estimate of drug-likeness (QED) is 0.252. The molecule has 0 fully saturated rings. The van der Waals surface area contributed by atoms with Crippen molar-refractivity contribution in [2.24, 2.45) is 0 Å². The fourth-order valence-corrected chi connectivity index (χ4v) is 4.23. The number of pyridine rings is 1. The summed E-state index contributed by atoms with van der Waals surface area (Å²) in [6.07, 6.45) is -3.32. The third-order valence-electron chi connectivity index (χ3n) is 6.00. The van der Waals surface area contributed by atoms with Crippen LogP contribution < -0.4 is 5.32 Å². The van der Waals surface area contributed by atoms with E-state index in [4.69, 9.17) is 0 Å². The van der Waals surface area contributed by atoms with Gasteiger partial charge in [0.15, 0.2) is 5.78 Å². The molecule has 5 rings (SSSR count). The summed E-state index contributed by atoms with van der Waals surface area (Å²) >= 11 is 0. The SMILES string of the molecule is O=C(c1ccccc1)c1cnc2c(C(F)(F)F)cccc2c1-c1ccc(NCc2ccccc2)cc1. The standard InChI is InChI=1S/C30H21F3N2O/c31-30(32,33)26-13-7-12-24-27(25(19-35-28(24)26)29(36)22-10-5-2-6-11-22)21-14-16-23(17-15-21)34-18-20-8-3-1-4-9-20/h1-17,19,34H,18H2. The van der Waals surface area contributed by atoms with Crippen molar-refractivity contribution in [2.75, 3.05) is 5.32 Å². The molecule has 3 nitrogen and oxygen atoms in total. The molecule has 0 saturated heterocycles. The zero-order valence-electron chi connectivity index (χ0n) is 19.1. The van der Waals surface area contributed by atoms with Gasteiger partial charge in [-0.15, -0.1) is 0 Å². The van der Waals surface area contributed by atoms with Gasteiger partial charge in [-0.1, -0.05) is 84.9 Å². The largest absolute Gasteiger partial charge is 0.418 e. The molecule has 5 aromatic rings. The first-order chi connectivity index (χ1) is 17.4. The molecule has 0 amide bonds. The maximum Gasteiger partial charge on any atom is 0.418 e. The molecule has 1 aromatic heterocycles. The highest BCUT2D eigenvalue weighted by atomic mass is 19.4. The Morgan fingerprint density at radius 1 is 0.778 bits per heavy atom. The number of aromatic nitrogens is 1. The van der Waals surface area contributed by atoms with Crippen LogP contribution in [-0.4, -0.2) is 10.8 Å². The molecule has 0 saturated carbocycles. The van der Waals surface area contributed by atoms with Gasteiger partial charge < -0.3 is 5.32 Å². The van der Waals surface area contributed by atoms with E-state index in [1.165, 1.54) is 12.3 Å². The van der Waals surface area contributed by atoms with E-state index < -0.39 is 11.7 Å². The highest BCUT2D eigenvalue weighted by Crippen LogP contribution is 2.39. The van der Waals surface area contributed by atoms with Crippen molar-refractivity contribution >= 4 is 22.4 Å².